The van der Waals surface area contributed by atoms with Crippen LogP contribution in [0.15, 0.2) is 12.1 Å². The molecule has 1 saturated carbocycles. The first kappa shape index (κ1) is 19.3. The van der Waals surface area contributed by atoms with Crippen molar-refractivity contribution in [3.05, 3.63) is 17.7 Å². The van der Waals surface area contributed by atoms with Crippen molar-refractivity contribution in [2.45, 2.75) is 25.7 Å². The molecule has 7 heteroatoms. The molecule has 1 heterocycles. The van der Waals surface area contributed by atoms with Crippen molar-refractivity contribution in [2.24, 2.45) is 17.8 Å². The van der Waals surface area contributed by atoms with Crippen LogP contribution in [0.25, 0.3) is 0 Å². The Labute approximate surface area is 159 Å². The maximum absolute atomic E-state index is 12.7. The first-order chi connectivity index (χ1) is 13.0. The van der Waals surface area contributed by atoms with Crippen LogP contribution < -0.4 is 14.2 Å². The molecule has 1 amide bonds. The van der Waals surface area contributed by atoms with Gasteiger partial charge in [-0.15, -0.1) is 0 Å². The van der Waals surface area contributed by atoms with E-state index in [0.29, 0.717) is 49.1 Å². The zero-order valence-electron chi connectivity index (χ0n) is 16.1. The molecule has 2 fully saturated rings. The van der Waals surface area contributed by atoms with E-state index in [0.717, 1.165) is 18.4 Å². The number of carboxylic acid groups (broad SMARTS) is 1. The van der Waals surface area contributed by atoms with Gasteiger partial charge < -0.3 is 24.2 Å². The second kappa shape index (κ2) is 8.06. The summed E-state index contributed by atoms with van der Waals surface area (Å²) in [4.78, 5) is 25.9. The van der Waals surface area contributed by atoms with Crippen molar-refractivity contribution >= 4 is 11.9 Å². The highest BCUT2D eigenvalue weighted by molar-refractivity contribution is 5.79. The van der Waals surface area contributed by atoms with Crippen LogP contribution in [0, 0.1) is 17.8 Å². The van der Waals surface area contributed by atoms with Gasteiger partial charge in [0, 0.05) is 19.5 Å². The number of methoxy groups -OCH3 is 3. The Bertz CT molecular complexity index is 715. The summed E-state index contributed by atoms with van der Waals surface area (Å²) in [6.07, 6.45) is 2.96. The smallest absolute Gasteiger partial charge is 0.308 e. The minimum absolute atomic E-state index is 0.0127. The molecule has 2 aliphatic rings. The Kier molecular flexibility index (Phi) is 5.77. The maximum Gasteiger partial charge on any atom is 0.308 e. The summed E-state index contributed by atoms with van der Waals surface area (Å²) in [7, 11) is 4.66. The number of nitrogens with zero attached hydrogens (tertiary/aromatic N) is 1. The van der Waals surface area contributed by atoms with Gasteiger partial charge in [-0.1, -0.05) is 6.07 Å². The highest BCUT2D eigenvalue weighted by atomic mass is 16.5. The Morgan fingerprint density at radius 3 is 2.33 bits per heavy atom. The normalized spacial score (nSPS) is 21.8. The van der Waals surface area contributed by atoms with Crippen LogP contribution in [0.5, 0.6) is 17.2 Å². The molecule has 1 saturated heterocycles. The standard InChI is InChI=1S/C20H27NO6/c1-25-16-8-6-13(18(26-2)19(16)27-3)7-9-17(22)21-10-14(12-4-5-12)15(11-21)20(23)24/h6,8,12,14-15H,4-5,7,9-11H2,1-3H3,(H,23,24)/t14-,15+/m1/s1. The number of carboxylic acids is 1. The monoisotopic (exact) mass is 377 g/mol. The van der Waals surface area contributed by atoms with Crippen LogP contribution in [0.4, 0.5) is 0 Å². The van der Waals surface area contributed by atoms with E-state index in [-0.39, 0.29) is 11.8 Å². The molecule has 1 aromatic rings. The van der Waals surface area contributed by atoms with Crippen molar-refractivity contribution in [1.29, 1.82) is 0 Å². The lowest BCUT2D eigenvalue weighted by atomic mass is 9.92. The molecule has 2 atom stereocenters. The van der Waals surface area contributed by atoms with E-state index in [2.05, 4.69) is 0 Å². The van der Waals surface area contributed by atoms with Crippen molar-refractivity contribution < 1.29 is 28.9 Å². The fraction of sp³-hybridized carbons (Fsp3) is 0.600. The van der Waals surface area contributed by atoms with Crippen LogP contribution in [0.3, 0.4) is 0 Å². The number of ether oxygens (including phenoxy) is 3. The van der Waals surface area contributed by atoms with Crippen LogP contribution in [0.2, 0.25) is 0 Å². The summed E-state index contributed by atoms with van der Waals surface area (Å²) < 4.78 is 16.1. The van der Waals surface area contributed by atoms with Gasteiger partial charge in [0.05, 0.1) is 27.2 Å². The van der Waals surface area contributed by atoms with Crippen LogP contribution in [0.1, 0.15) is 24.8 Å². The SMILES string of the molecule is COc1ccc(CCC(=O)N2C[C@H](C(=O)O)[C@@H](C3CC3)C2)c(OC)c1OC. The third kappa shape index (κ3) is 3.96. The van der Waals surface area contributed by atoms with E-state index >= 15 is 0 Å². The molecule has 7 nitrogen and oxygen atoms in total. The zero-order valence-corrected chi connectivity index (χ0v) is 16.1. The van der Waals surface area contributed by atoms with Gasteiger partial charge in [0.25, 0.3) is 0 Å². The summed E-state index contributed by atoms with van der Waals surface area (Å²) in [6.45, 7) is 0.877. The molecular weight excluding hydrogens is 350 g/mol. The third-order valence-electron chi connectivity index (χ3n) is 5.66. The molecule has 1 aliphatic heterocycles. The maximum atomic E-state index is 12.7. The molecule has 1 aromatic carbocycles. The lowest BCUT2D eigenvalue weighted by Gasteiger charge is -2.18. The van der Waals surface area contributed by atoms with E-state index in [1.807, 2.05) is 6.07 Å². The molecule has 0 aromatic heterocycles. The molecule has 27 heavy (non-hydrogen) atoms. The van der Waals surface area contributed by atoms with Crippen LogP contribution in [-0.4, -0.2) is 56.3 Å². The second-order valence-corrected chi connectivity index (χ2v) is 7.24. The van der Waals surface area contributed by atoms with Gasteiger partial charge in [-0.3, -0.25) is 9.59 Å². The summed E-state index contributed by atoms with van der Waals surface area (Å²) in [5.41, 5.74) is 0.858. The number of amides is 1. The number of rotatable bonds is 8. The number of benzene rings is 1. The molecule has 148 valence electrons. The molecular formula is C20H27NO6. The van der Waals surface area contributed by atoms with Gasteiger partial charge in [-0.25, -0.2) is 0 Å². The number of likely N-dealkylation sites (tertiary alicyclic amines) is 1. The first-order valence-electron chi connectivity index (χ1n) is 9.28. The predicted molar refractivity (Wildman–Crippen MR) is 98.3 cm³/mol. The molecule has 3 rings (SSSR count). The van der Waals surface area contributed by atoms with E-state index in [1.54, 1.807) is 32.3 Å². The Hall–Kier alpha value is -2.44. The Morgan fingerprint density at radius 2 is 1.78 bits per heavy atom. The average molecular weight is 377 g/mol. The number of carbonyl (C=O) groups excluding carboxylic acids is 1. The van der Waals surface area contributed by atoms with Gasteiger partial charge in [0.2, 0.25) is 11.7 Å². The first-order valence-corrected chi connectivity index (χ1v) is 9.28. The molecule has 1 N–H and O–H groups in total. The molecule has 0 bridgehead atoms. The van der Waals surface area contributed by atoms with Gasteiger partial charge in [-0.2, -0.15) is 0 Å². The second-order valence-electron chi connectivity index (χ2n) is 7.24. The molecule has 0 unspecified atom stereocenters. The number of carbonyl (C=O) groups is 2. The van der Waals surface area contributed by atoms with Crippen molar-refractivity contribution in [3.63, 3.8) is 0 Å². The lowest BCUT2D eigenvalue weighted by molar-refractivity contribution is -0.142. The lowest BCUT2D eigenvalue weighted by Crippen LogP contribution is -2.30. The number of hydrogen-bond donors (Lipinski definition) is 1. The molecule has 1 aliphatic carbocycles. The predicted octanol–water partition coefficient (Wildman–Crippen LogP) is 2.21. The van der Waals surface area contributed by atoms with Crippen LogP contribution >= 0.6 is 0 Å². The minimum Gasteiger partial charge on any atom is -0.493 e. The number of aliphatic carboxylic acids is 1. The van der Waals surface area contributed by atoms with E-state index in [1.165, 1.54) is 0 Å². The van der Waals surface area contributed by atoms with Crippen molar-refractivity contribution in [1.82, 2.24) is 4.90 Å². The zero-order chi connectivity index (χ0) is 19.6. The van der Waals surface area contributed by atoms with Crippen LogP contribution in [-0.2, 0) is 16.0 Å². The van der Waals surface area contributed by atoms with Crippen molar-refractivity contribution in [3.8, 4) is 17.2 Å². The summed E-state index contributed by atoms with van der Waals surface area (Å²) in [5, 5.41) is 9.46. The van der Waals surface area contributed by atoms with Gasteiger partial charge in [0.15, 0.2) is 11.5 Å². The summed E-state index contributed by atoms with van der Waals surface area (Å²) in [6, 6.07) is 3.66. The fourth-order valence-corrected chi connectivity index (χ4v) is 4.06. The average Bonchev–Trinajstić information content (AvgIpc) is 3.42. The number of hydrogen-bond acceptors (Lipinski definition) is 5. The summed E-state index contributed by atoms with van der Waals surface area (Å²) in [5.74, 6) is 0.968. The van der Waals surface area contributed by atoms with Gasteiger partial charge in [-0.05, 0) is 42.7 Å². The molecule has 0 radical (unpaired) electrons. The highest BCUT2D eigenvalue weighted by Gasteiger charge is 2.46. The third-order valence-corrected chi connectivity index (χ3v) is 5.66. The van der Waals surface area contributed by atoms with E-state index in [4.69, 9.17) is 14.2 Å². The van der Waals surface area contributed by atoms with E-state index in [9.17, 15) is 14.7 Å². The fourth-order valence-electron chi connectivity index (χ4n) is 4.06. The topological polar surface area (TPSA) is 85.3 Å². The molecule has 0 spiro atoms. The number of aryl methyl sites for hydroxylation is 1. The Balaban J connectivity index is 1.66. The highest BCUT2D eigenvalue weighted by Crippen LogP contribution is 2.44. The largest absolute Gasteiger partial charge is 0.493 e. The van der Waals surface area contributed by atoms with Gasteiger partial charge in [0.1, 0.15) is 0 Å². The Morgan fingerprint density at radius 1 is 1.07 bits per heavy atom. The quantitative estimate of drug-likeness (QED) is 0.748. The van der Waals surface area contributed by atoms with Crippen molar-refractivity contribution in [2.75, 3.05) is 34.4 Å². The summed E-state index contributed by atoms with van der Waals surface area (Å²) >= 11 is 0. The van der Waals surface area contributed by atoms with Gasteiger partial charge >= 0.3 is 5.97 Å². The van der Waals surface area contributed by atoms with E-state index < -0.39 is 11.9 Å². The minimum atomic E-state index is -0.788.